The van der Waals surface area contributed by atoms with Crippen LogP contribution in [0.15, 0.2) is 24.3 Å². The van der Waals surface area contributed by atoms with Gasteiger partial charge < -0.3 is 5.11 Å². The number of aliphatic hydroxyl groups excluding tert-OH is 1. The highest BCUT2D eigenvalue weighted by Gasteiger charge is 2.08. The summed E-state index contributed by atoms with van der Waals surface area (Å²) < 4.78 is 0. The summed E-state index contributed by atoms with van der Waals surface area (Å²) in [5.41, 5.74) is 2.13. The highest BCUT2D eigenvalue weighted by atomic mass is 16.3. The van der Waals surface area contributed by atoms with Crippen LogP contribution in [0.5, 0.6) is 0 Å². The van der Waals surface area contributed by atoms with E-state index in [9.17, 15) is 4.79 Å². The van der Waals surface area contributed by atoms with Crippen LogP contribution in [0.2, 0.25) is 0 Å². The van der Waals surface area contributed by atoms with E-state index < -0.39 is 6.10 Å². The van der Waals surface area contributed by atoms with E-state index in [0.29, 0.717) is 6.42 Å². The van der Waals surface area contributed by atoms with Crippen LogP contribution >= 0.6 is 0 Å². The Morgan fingerprint density at radius 1 is 1.38 bits per heavy atom. The van der Waals surface area contributed by atoms with Gasteiger partial charge in [0.15, 0.2) is 5.78 Å². The summed E-state index contributed by atoms with van der Waals surface area (Å²) in [6.45, 7) is 3.50. The third-order valence-corrected chi connectivity index (χ3v) is 1.96. The number of benzene rings is 1. The van der Waals surface area contributed by atoms with E-state index in [4.69, 9.17) is 5.11 Å². The largest absolute Gasteiger partial charge is 0.386 e. The fourth-order valence-corrected chi connectivity index (χ4v) is 1.05. The lowest BCUT2D eigenvalue weighted by atomic mass is 10.1. The molecule has 0 amide bonds. The van der Waals surface area contributed by atoms with Crippen molar-refractivity contribution in [1.29, 1.82) is 0 Å². The molecule has 0 aliphatic carbocycles. The monoisotopic (exact) mass is 178 g/mol. The standard InChI is InChI=1S/C11H14O2/c1-8-3-5-10(6-4-8)7-11(13)9(2)12/h3-6,9,12H,7H2,1-2H3. The lowest BCUT2D eigenvalue weighted by Crippen LogP contribution is -2.18. The summed E-state index contributed by atoms with van der Waals surface area (Å²) in [5, 5.41) is 8.99. The Labute approximate surface area is 78.2 Å². The quantitative estimate of drug-likeness (QED) is 0.761. The lowest BCUT2D eigenvalue weighted by molar-refractivity contribution is -0.125. The zero-order chi connectivity index (χ0) is 9.84. The number of Topliss-reactive ketones (excluding diaryl/α,β-unsaturated/α-hetero) is 1. The molecule has 0 spiro atoms. The van der Waals surface area contributed by atoms with Gasteiger partial charge in [-0.25, -0.2) is 0 Å². The van der Waals surface area contributed by atoms with Crippen molar-refractivity contribution in [2.45, 2.75) is 26.4 Å². The summed E-state index contributed by atoms with van der Waals surface area (Å²) in [6.07, 6.45) is -0.542. The minimum Gasteiger partial charge on any atom is -0.386 e. The Bertz CT molecular complexity index is 285. The molecular formula is C11H14O2. The van der Waals surface area contributed by atoms with Crippen molar-refractivity contribution < 1.29 is 9.90 Å². The fraction of sp³-hybridized carbons (Fsp3) is 0.364. The number of aryl methyl sites for hydroxylation is 1. The van der Waals surface area contributed by atoms with E-state index in [1.165, 1.54) is 12.5 Å². The molecule has 2 nitrogen and oxygen atoms in total. The number of aliphatic hydroxyl groups is 1. The highest BCUT2D eigenvalue weighted by molar-refractivity contribution is 5.84. The maximum absolute atomic E-state index is 11.1. The molecule has 0 bridgehead atoms. The first-order valence-electron chi connectivity index (χ1n) is 4.36. The molecule has 13 heavy (non-hydrogen) atoms. The first-order valence-corrected chi connectivity index (χ1v) is 4.36. The highest BCUT2D eigenvalue weighted by Crippen LogP contribution is 2.05. The van der Waals surface area contributed by atoms with E-state index in [1.807, 2.05) is 31.2 Å². The van der Waals surface area contributed by atoms with Crippen LogP contribution in [-0.2, 0) is 11.2 Å². The molecule has 1 aromatic rings. The maximum atomic E-state index is 11.1. The maximum Gasteiger partial charge on any atom is 0.165 e. The van der Waals surface area contributed by atoms with Crippen LogP contribution in [-0.4, -0.2) is 17.0 Å². The Morgan fingerprint density at radius 2 is 1.92 bits per heavy atom. The van der Waals surface area contributed by atoms with Crippen LogP contribution in [0.3, 0.4) is 0 Å². The van der Waals surface area contributed by atoms with Gasteiger partial charge in [-0.15, -0.1) is 0 Å². The summed E-state index contributed by atoms with van der Waals surface area (Å²) in [6, 6.07) is 7.75. The Balaban J connectivity index is 2.65. The molecule has 1 N–H and O–H groups in total. The van der Waals surface area contributed by atoms with Crippen molar-refractivity contribution in [3.63, 3.8) is 0 Å². The van der Waals surface area contributed by atoms with Gasteiger partial charge in [-0.05, 0) is 19.4 Å². The zero-order valence-electron chi connectivity index (χ0n) is 7.95. The second-order valence-corrected chi connectivity index (χ2v) is 3.30. The third kappa shape index (κ3) is 2.99. The molecule has 0 saturated carbocycles. The minimum atomic E-state index is -0.860. The lowest BCUT2D eigenvalue weighted by Gasteiger charge is -2.03. The van der Waals surface area contributed by atoms with Crippen molar-refractivity contribution in [2.24, 2.45) is 0 Å². The van der Waals surface area contributed by atoms with Crippen molar-refractivity contribution in [2.75, 3.05) is 0 Å². The second-order valence-electron chi connectivity index (χ2n) is 3.30. The van der Waals surface area contributed by atoms with Crippen molar-refractivity contribution >= 4 is 5.78 Å². The molecule has 70 valence electrons. The first kappa shape index (κ1) is 9.93. The van der Waals surface area contributed by atoms with Gasteiger partial charge in [-0.3, -0.25) is 4.79 Å². The molecule has 0 heterocycles. The normalized spacial score (nSPS) is 12.5. The summed E-state index contributed by atoms with van der Waals surface area (Å²) >= 11 is 0. The SMILES string of the molecule is Cc1ccc(CC(=O)C(C)O)cc1. The topological polar surface area (TPSA) is 37.3 Å². The molecule has 1 unspecified atom stereocenters. The van der Waals surface area contributed by atoms with Gasteiger partial charge in [0.1, 0.15) is 6.10 Å². The average molecular weight is 178 g/mol. The van der Waals surface area contributed by atoms with E-state index in [1.54, 1.807) is 0 Å². The van der Waals surface area contributed by atoms with Crippen LogP contribution in [0.25, 0.3) is 0 Å². The molecule has 0 saturated heterocycles. The average Bonchev–Trinajstić information content (AvgIpc) is 2.08. The van der Waals surface area contributed by atoms with Gasteiger partial charge in [0.25, 0.3) is 0 Å². The van der Waals surface area contributed by atoms with Crippen molar-refractivity contribution in [1.82, 2.24) is 0 Å². The molecule has 1 atom stereocenters. The predicted octanol–water partition coefficient (Wildman–Crippen LogP) is 1.49. The second kappa shape index (κ2) is 4.19. The number of hydrogen-bond acceptors (Lipinski definition) is 2. The minimum absolute atomic E-state index is 0.135. The number of hydrogen-bond donors (Lipinski definition) is 1. The fourth-order valence-electron chi connectivity index (χ4n) is 1.05. The smallest absolute Gasteiger partial charge is 0.165 e. The van der Waals surface area contributed by atoms with E-state index in [0.717, 1.165) is 5.56 Å². The molecule has 1 rings (SSSR count). The first-order chi connectivity index (χ1) is 6.09. The van der Waals surface area contributed by atoms with E-state index in [2.05, 4.69) is 0 Å². The number of carbonyl (C=O) groups is 1. The van der Waals surface area contributed by atoms with E-state index >= 15 is 0 Å². The molecular weight excluding hydrogens is 164 g/mol. The van der Waals surface area contributed by atoms with Gasteiger partial charge in [-0.2, -0.15) is 0 Å². The number of rotatable bonds is 3. The molecule has 0 aromatic heterocycles. The summed E-state index contributed by atoms with van der Waals surface area (Å²) in [5.74, 6) is -0.135. The van der Waals surface area contributed by atoms with Gasteiger partial charge in [0.05, 0.1) is 0 Å². The Hall–Kier alpha value is -1.15. The molecule has 0 fully saturated rings. The van der Waals surface area contributed by atoms with Gasteiger partial charge in [-0.1, -0.05) is 29.8 Å². The van der Waals surface area contributed by atoms with Gasteiger partial charge in [0.2, 0.25) is 0 Å². The molecule has 0 aliphatic heterocycles. The van der Waals surface area contributed by atoms with Crippen molar-refractivity contribution in [3.8, 4) is 0 Å². The van der Waals surface area contributed by atoms with Crippen LogP contribution in [0.1, 0.15) is 18.1 Å². The van der Waals surface area contributed by atoms with Crippen LogP contribution < -0.4 is 0 Å². The number of ketones is 1. The molecule has 1 aromatic carbocycles. The third-order valence-electron chi connectivity index (χ3n) is 1.96. The number of carbonyl (C=O) groups excluding carboxylic acids is 1. The zero-order valence-corrected chi connectivity index (χ0v) is 7.95. The van der Waals surface area contributed by atoms with Crippen molar-refractivity contribution in [3.05, 3.63) is 35.4 Å². The predicted molar refractivity (Wildman–Crippen MR) is 51.6 cm³/mol. The molecule has 2 heteroatoms. The molecule has 0 radical (unpaired) electrons. The Morgan fingerprint density at radius 3 is 2.38 bits per heavy atom. The van der Waals surface area contributed by atoms with Gasteiger partial charge >= 0.3 is 0 Å². The van der Waals surface area contributed by atoms with Gasteiger partial charge in [0, 0.05) is 6.42 Å². The van der Waals surface area contributed by atoms with Crippen LogP contribution in [0.4, 0.5) is 0 Å². The Kier molecular flexibility index (Phi) is 3.20. The molecule has 0 aliphatic rings. The van der Waals surface area contributed by atoms with Crippen LogP contribution in [0, 0.1) is 6.92 Å². The summed E-state index contributed by atoms with van der Waals surface area (Å²) in [4.78, 5) is 11.1. The van der Waals surface area contributed by atoms with E-state index in [-0.39, 0.29) is 5.78 Å². The summed E-state index contributed by atoms with van der Waals surface area (Å²) in [7, 11) is 0.